The van der Waals surface area contributed by atoms with Crippen LogP contribution in [0.1, 0.15) is 60.6 Å². The van der Waals surface area contributed by atoms with Gasteiger partial charge in [-0.25, -0.2) is 4.98 Å². The predicted molar refractivity (Wildman–Crippen MR) is 142 cm³/mol. The summed E-state index contributed by atoms with van der Waals surface area (Å²) in [6.45, 7) is 6.90. The van der Waals surface area contributed by atoms with E-state index in [1.54, 1.807) is 25.9 Å². The van der Waals surface area contributed by atoms with Gasteiger partial charge in [0.05, 0.1) is 11.3 Å². The topological polar surface area (TPSA) is 77.0 Å². The molecule has 0 bridgehead atoms. The van der Waals surface area contributed by atoms with E-state index in [4.69, 9.17) is 4.98 Å². The molecule has 0 radical (unpaired) electrons. The van der Waals surface area contributed by atoms with E-state index < -0.39 is 5.60 Å². The number of rotatable bonds is 6. The van der Waals surface area contributed by atoms with E-state index in [2.05, 4.69) is 4.90 Å². The molecule has 2 aromatic rings. The highest BCUT2D eigenvalue weighted by molar-refractivity contribution is 5.95. The Balaban J connectivity index is 1.24. The van der Waals surface area contributed by atoms with Crippen molar-refractivity contribution in [1.29, 1.82) is 0 Å². The number of likely N-dealkylation sites (tertiary alicyclic amines) is 1. The zero-order valence-electron chi connectivity index (χ0n) is 22.1. The van der Waals surface area contributed by atoms with Crippen LogP contribution in [0, 0.1) is 18.8 Å². The van der Waals surface area contributed by atoms with Crippen molar-refractivity contribution in [3.8, 4) is 0 Å². The van der Waals surface area contributed by atoms with Crippen LogP contribution < -0.4 is 4.90 Å². The molecular weight excluding hydrogens is 452 g/mol. The summed E-state index contributed by atoms with van der Waals surface area (Å²) >= 11 is 0. The maximum absolute atomic E-state index is 13.0. The molecule has 1 aromatic heterocycles. The molecule has 4 rings (SSSR count). The van der Waals surface area contributed by atoms with Gasteiger partial charge < -0.3 is 19.8 Å². The first-order valence-corrected chi connectivity index (χ1v) is 13.2. The Morgan fingerprint density at radius 3 is 2.11 bits per heavy atom. The zero-order valence-corrected chi connectivity index (χ0v) is 22.1. The molecule has 1 N–H and O–H groups in total. The summed E-state index contributed by atoms with van der Waals surface area (Å²) in [6.07, 6.45) is 5.48. The van der Waals surface area contributed by atoms with E-state index >= 15 is 0 Å². The molecule has 3 heterocycles. The first-order chi connectivity index (χ1) is 17.2. The van der Waals surface area contributed by atoms with Crippen molar-refractivity contribution in [1.82, 2.24) is 14.8 Å². The van der Waals surface area contributed by atoms with Gasteiger partial charge in [0.15, 0.2) is 5.60 Å². The lowest BCUT2D eigenvalue weighted by molar-refractivity contribution is -0.152. The van der Waals surface area contributed by atoms with Crippen molar-refractivity contribution in [3.63, 3.8) is 0 Å². The van der Waals surface area contributed by atoms with Crippen LogP contribution in [-0.2, 0) is 10.4 Å². The third-order valence-corrected chi connectivity index (χ3v) is 7.97. The average Bonchev–Trinajstić information content (AvgIpc) is 2.89. The van der Waals surface area contributed by atoms with Gasteiger partial charge in [-0.15, -0.1) is 0 Å². The molecule has 0 unspecified atom stereocenters. The van der Waals surface area contributed by atoms with Gasteiger partial charge in [-0.3, -0.25) is 9.59 Å². The van der Waals surface area contributed by atoms with Crippen molar-refractivity contribution in [2.24, 2.45) is 11.8 Å². The fourth-order valence-electron chi connectivity index (χ4n) is 5.63. The minimum absolute atomic E-state index is 0.0123. The molecule has 2 aliphatic rings. The second-order valence-electron chi connectivity index (χ2n) is 10.8. The van der Waals surface area contributed by atoms with Gasteiger partial charge in [0, 0.05) is 40.3 Å². The molecule has 0 spiro atoms. The van der Waals surface area contributed by atoms with Crippen LogP contribution in [0.15, 0.2) is 42.5 Å². The van der Waals surface area contributed by atoms with Crippen molar-refractivity contribution in [3.05, 3.63) is 59.3 Å². The number of amides is 2. The van der Waals surface area contributed by atoms with Crippen molar-refractivity contribution in [2.45, 2.75) is 51.6 Å². The van der Waals surface area contributed by atoms with E-state index in [1.165, 1.54) is 6.42 Å². The van der Waals surface area contributed by atoms with Crippen LogP contribution >= 0.6 is 0 Å². The molecule has 0 aliphatic carbocycles. The number of pyridine rings is 1. The Morgan fingerprint density at radius 2 is 1.56 bits per heavy atom. The quantitative estimate of drug-likeness (QED) is 0.663. The molecular formula is C29H40N4O3. The Kier molecular flexibility index (Phi) is 7.98. The van der Waals surface area contributed by atoms with Crippen LogP contribution in [0.3, 0.4) is 0 Å². The molecule has 194 valence electrons. The van der Waals surface area contributed by atoms with E-state index in [-0.39, 0.29) is 11.8 Å². The monoisotopic (exact) mass is 492 g/mol. The molecule has 7 heteroatoms. The maximum atomic E-state index is 13.0. The summed E-state index contributed by atoms with van der Waals surface area (Å²) < 4.78 is 0. The molecule has 1 atom stereocenters. The molecule has 2 aliphatic heterocycles. The van der Waals surface area contributed by atoms with E-state index in [9.17, 15) is 14.7 Å². The number of aromatic nitrogens is 1. The number of aryl methyl sites for hydroxylation is 1. The average molecular weight is 493 g/mol. The SMILES string of the molecule is Cc1nc(N2CCC(CC3CCN(C(=O)[C@](C)(O)c4ccccc4)CC3)CC2)ccc1C(=O)N(C)C. The molecule has 2 amide bonds. The summed E-state index contributed by atoms with van der Waals surface area (Å²) in [6, 6.07) is 13.1. The number of hydrogen-bond donors (Lipinski definition) is 1. The summed E-state index contributed by atoms with van der Waals surface area (Å²) in [4.78, 5) is 35.8. The standard InChI is InChI=1S/C29H40N4O3/c1-21-25(27(34)31(3)4)10-11-26(30-21)32-16-12-22(13-17-32)20-23-14-18-33(19-15-23)28(35)29(2,36)24-8-6-5-7-9-24/h5-11,22-23,36H,12-20H2,1-4H3/t29-/m1/s1. The highest BCUT2D eigenvalue weighted by atomic mass is 16.3. The fraction of sp³-hybridized carbons (Fsp3) is 0.552. The molecule has 1 aromatic carbocycles. The highest BCUT2D eigenvalue weighted by Gasteiger charge is 2.37. The minimum atomic E-state index is -1.48. The summed E-state index contributed by atoms with van der Waals surface area (Å²) in [5.74, 6) is 2.07. The third-order valence-electron chi connectivity index (χ3n) is 7.97. The van der Waals surface area contributed by atoms with Crippen molar-refractivity contribution < 1.29 is 14.7 Å². The number of nitrogens with zero attached hydrogens (tertiary/aromatic N) is 4. The van der Waals surface area contributed by atoms with Gasteiger partial charge in [0.1, 0.15) is 5.82 Å². The number of carbonyl (C=O) groups is 2. The van der Waals surface area contributed by atoms with Gasteiger partial charge in [-0.05, 0) is 75.5 Å². The molecule has 36 heavy (non-hydrogen) atoms. The van der Waals surface area contributed by atoms with Crippen LogP contribution in [0.5, 0.6) is 0 Å². The number of hydrogen-bond acceptors (Lipinski definition) is 5. The first-order valence-electron chi connectivity index (χ1n) is 13.2. The molecule has 0 saturated carbocycles. The lowest BCUT2D eigenvalue weighted by Crippen LogP contribution is -2.48. The number of anilines is 1. The summed E-state index contributed by atoms with van der Waals surface area (Å²) in [7, 11) is 3.52. The largest absolute Gasteiger partial charge is 0.376 e. The smallest absolute Gasteiger partial charge is 0.258 e. The fourth-order valence-corrected chi connectivity index (χ4v) is 5.63. The highest BCUT2D eigenvalue weighted by Crippen LogP contribution is 2.33. The van der Waals surface area contributed by atoms with E-state index in [1.807, 2.05) is 54.3 Å². The summed E-state index contributed by atoms with van der Waals surface area (Å²) in [5.41, 5.74) is 0.604. The normalized spacial score (nSPS) is 19.1. The van der Waals surface area contributed by atoms with Gasteiger partial charge in [0.2, 0.25) is 0 Å². The maximum Gasteiger partial charge on any atom is 0.258 e. The number of carbonyl (C=O) groups excluding carboxylic acids is 2. The predicted octanol–water partition coefficient (Wildman–Crippen LogP) is 3.84. The Hall–Kier alpha value is -2.93. The van der Waals surface area contributed by atoms with Gasteiger partial charge in [0.25, 0.3) is 11.8 Å². The van der Waals surface area contributed by atoms with E-state index in [0.29, 0.717) is 36.1 Å². The zero-order chi connectivity index (χ0) is 25.9. The number of piperidine rings is 2. The Bertz CT molecular complexity index is 1050. The van der Waals surface area contributed by atoms with Gasteiger partial charge in [-0.2, -0.15) is 0 Å². The van der Waals surface area contributed by atoms with Crippen molar-refractivity contribution in [2.75, 3.05) is 45.2 Å². The summed E-state index contributed by atoms with van der Waals surface area (Å²) in [5, 5.41) is 10.9. The third kappa shape index (κ3) is 5.72. The van der Waals surface area contributed by atoms with Gasteiger partial charge >= 0.3 is 0 Å². The van der Waals surface area contributed by atoms with Crippen molar-refractivity contribution >= 4 is 17.6 Å². The second-order valence-corrected chi connectivity index (χ2v) is 10.8. The minimum Gasteiger partial charge on any atom is -0.376 e. The Labute approximate surface area is 215 Å². The number of benzene rings is 1. The van der Waals surface area contributed by atoms with Crippen LogP contribution in [0.4, 0.5) is 5.82 Å². The lowest BCUT2D eigenvalue weighted by Gasteiger charge is -2.39. The molecule has 2 fully saturated rings. The van der Waals surface area contributed by atoms with E-state index in [0.717, 1.165) is 50.3 Å². The van der Waals surface area contributed by atoms with Crippen LogP contribution in [0.2, 0.25) is 0 Å². The second kappa shape index (κ2) is 11.0. The van der Waals surface area contributed by atoms with Crippen LogP contribution in [-0.4, -0.2) is 72.0 Å². The Morgan fingerprint density at radius 1 is 0.972 bits per heavy atom. The molecule has 7 nitrogen and oxygen atoms in total. The number of aliphatic hydroxyl groups is 1. The first kappa shape index (κ1) is 26.1. The van der Waals surface area contributed by atoms with Gasteiger partial charge in [-0.1, -0.05) is 30.3 Å². The molecule has 2 saturated heterocycles. The van der Waals surface area contributed by atoms with Crippen LogP contribution in [0.25, 0.3) is 0 Å². The lowest BCUT2D eigenvalue weighted by atomic mass is 9.82.